The summed E-state index contributed by atoms with van der Waals surface area (Å²) in [6, 6.07) is 3.59. The number of nitrogen functional groups attached to an aromatic ring is 1. The van der Waals surface area contributed by atoms with Crippen LogP contribution in [0.1, 0.15) is 23.8 Å². The summed E-state index contributed by atoms with van der Waals surface area (Å²) >= 11 is 2.94. The molecule has 0 amide bonds. The maximum absolute atomic E-state index is 13.0. The molecular formula is C15H11BrF3NO3. The number of hydrogen-bond donors (Lipinski definition) is 2. The Bertz CT molecular complexity index is 775. The van der Waals surface area contributed by atoms with Crippen LogP contribution in [0.25, 0.3) is 11.1 Å². The van der Waals surface area contributed by atoms with Gasteiger partial charge in [0.2, 0.25) is 5.88 Å². The lowest BCUT2D eigenvalue weighted by atomic mass is 10.0. The normalized spacial score (nSPS) is 17.5. The lowest BCUT2D eigenvalue weighted by molar-refractivity contribution is -0.138. The molecule has 4 nitrogen and oxygen atoms in total. The van der Waals surface area contributed by atoms with Crippen LogP contribution in [0.15, 0.2) is 39.4 Å². The number of hydrogen-bond acceptors (Lipinski definition) is 4. The molecule has 0 radical (unpaired) electrons. The lowest BCUT2D eigenvalue weighted by Crippen LogP contribution is -2.06. The van der Waals surface area contributed by atoms with Crippen molar-refractivity contribution in [2.75, 3.05) is 5.73 Å². The van der Waals surface area contributed by atoms with E-state index in [1.165, 1.54) is 18.4 Å². The van der Waals surface area contributed by atoms with E-state index in [-0.39, 0.29) is 33.0 Å². The van der Waals surface area contributed by atoms with Crippen LogP contribution in [0, 0.1) is 0 Å². The van der Waals surface area contributed by atoms with Crippen molar-refractivity contribution in [3.05, 3.63) is 46.3 Å². The number of rotatable bonds is 2. The Morgan fingerprint density at radius 3 is 2.65 bits per heavy atom. The van der Waals surface area contributed by atoms with Crippen molar-refractivity contribution in [2.45, 2.75) is 18.7 Å². The van der Waals surface area contributed by atoms with Gasteiger partial charge in [0.05, 0.1) is 17.4 Å². The molecule has 1 aliphatic rings. The summed E-state index contributed by atoms with van der Waals surface area (Å²) in [5.74, 6) is -0.406. The average molecular weight is 390 g/mol. The molecule has 0 bridgehead atoms. The molecule has 2 heterocycles. The Kier molecular flexibility index (Phi) is 3.79. The summed E-state index contributed by atoms with van der Waals surface area (Å²) in [7, 11) is 0. The molecule has 0 saturated heterocycles. The monoisotopic (exact) mass is 389 g/mol. The quantitative estimate of drug-likeness (QED) is 0.758. The van der Waals surface area contributed by atoms with Gasteiger partial charge in [-0.1, -0.05) is 12.1 Å². The Labute approximate surface area is 137 Å². The van der Waals surface area contributed by atoms with Crippen LogP contribution in [-0.2, 0) is 10.9 Å². The van der Waals surface area contributed by atoms with Gasteiger partial charge in [0, 0.05) is 16.5 Å². The lowest BCUT2D eigenvalue weighted by Gasteiger charge is -2.12. The third-order valence-corrected chi connectivity index (χ3v) is 4.35. The van der Waals surface area contributed by atoms with Crippen molar-refractivity contribution in [2.24, 2.45) is 0 Å². The van der Waals surface area contributed by atoms with Gasteiger partial charge in [-0.25, -0.2) is 0 Å². The van der Waals surface area contributed by atoms with Gasteiger partial charge >= 0.3 is 6.18 Å². The van der Waals surface area contributed by atoms with E-state index in [0.29, 0.717) is 6.42 Å². The molecule has 1 aliphatic heterocycles. The molecule has 0 saturated carbocycles. The Morgan fingerprint density at radius 2 is 2.04 bits per heavy atom. The molecule has 1 atom stereocenters. The standard InChI is InChI=1S/C15H11BrF3NO3/c16-11-7(3-1-4-8(11)15(17,18)19)10-12(21)13(23-14(10)20)9-5-2-6-22-9/h1-4,6,9,21H,5,20H2. The maximum atomic E-state index is 13.0. The SMILES string of the molecule is Nc1oc(C2CC=CO2)c(O)c1-c1cccc(C(F)(F)F)c1Br. The topological polar surface area (TPSA) is 68.6 Å². The zero-order valence-corrected chi connectivity index (χ0v) is 13.1. The zero-order valence-electron chi connectivity index (χ0n) is 11.5. The van der Waals surface area contributed by atoms with E-state index in [1.807, 2.05) is 0 Å². The molecule has 3 N–H and O–H groups in total. The summed E-state index contributed by atoms with van der Waals surface area (Å²) in [4.78, 5) is 0. The Hall–Kier alpha value is -2.09. The maximum Gasteiger partial charge on any atom is 0.417 e. The summed E-state index contributed by atoms with van der Waals surface area (Å²) in [5, 5.41) is 10.4. The van der Waals surface area contributed by atoms with Gasteiger partial charge in [0.25, 0.3) is 0 Å². The molecule has 122 valence electrons. The first-order chi connectivity index (χ1) is 10.8. The number of furan rings is 1. The molecule has 1 unspecified atom stereocenters. The van der Waals surface area contributed by atoms with Crippen molar-refractivity contribution < 1.29 is 27.4 Å². The van der Waals surface area contributed by atoms with Gasteiger partial charge < -0.3 is 20.0 Å². The number of alkyl halides is 3. The first-order valence-electron chi connectivity index (χ1n) is 6.58. The fraction of sp³-hybridized carbons (Fsp3) is 0.200. The smallest absolute Gasteiger partial charge is 0.417 e. The van der Waals surface area contributed by atoms with E-state index < -0.39 is 17.8 Å². The van der Waals surface area contributed by atoms with Crippen molar-refractivity contribution in [3.63, 3.8) is 0 Å². The summed E-state index contributed by atoms with van der Waals surface area (Å²) < 4.78 is 49.4. The van der Waals surface area contributed by atoms with Gasteiger partial charge in [-0.15, -0.1) is 0 Å². The third-order valence-electron chi connectivity index (χ3n) is 3.49. The van der Waals surface area contributed by atoms with Gasteiger partial charge in [-0.3, -0.25) is 0 Å². The number of anilines is 1. The number of benzene rings is 1. The highest BCUT2D eigenvalue weighted by molar-refractivity contribution is 9.10. The second-order valence-corrected chi connectivity index (χ2v) is 5.74. The van der Waals surface area contributed by atoms with Crippen LogP contribution >= 0.6 is 15.9 Å². The zero-order chi connectivity index (χ0) is 16.8. The minimum Gasteiger partial charge on any atom is -0.504 e. The van der Waals surface area contributed by atoms with Gasteiger partial charge in [0.15, 0.2) is 17.6 Å². The van der Waals surface area contributed by atoms with E-state index in [2.05, 4.69) is 15.9 Å². The molecule has 23 heavy (non-hydrogen) atoms. The molecule has 0 fully saturated rings. The van der Waals surface area contributed by atoms with E-state index in [4.69, 9.17) is 14.9 Å². The number of nitrogens with two attached hydrogens (primary N) is 1. The molecule has 0 aliphatic carbocycles. The predicted molar refractivity (Wildman–Crippen MR) is 80.5 cm³/mol. The molecule has 8 heteroatoms. The Balaban J connectivity index is 2.13. The van der Waals surface area contributed by atoms with E-state index in [1.54, 1.807) is 6.08 Å². The first kappa shape index (κ1) is 15.8. The van der Waals surface area contributed by atoms with Crippen molar-refractivity contribution in [1.82, 2.24) is 0 Å². The van der Waals surface area contributed by atoms with Crippen LogP contribution in [0.3, 0.4) is 0 Å². The fourth-order valence-corrected chi connectivity index (χ4v) is 3.12. The fourth-order valence-electron chi connectivity index (χ4n) is 2.43. The van der Waals surface area contributed by atoms with Gasteiger partial charge in [0.1, 0.15) is 0 Å². The highest BCUT2D eigenvalue weighted by Crippen LogP contribution is 2.49. The predicted octanol–water partition coefficient (Wildman–Crippen LogP) is 4.99. The van der Waals surface area contributed by atoms with Gasteiger partial charge in [-0.2, -0.15) is 13.2 Å². The van der Waals surface area contributed by atoms with E-state index in [9.17, 15) is 18.3 Å². The van der Waals surface area contributed by atoms with Crippen LogP contribution in [0.2, 0.25) is 0 Å². The number of ether oxygens (including phenoxy) is 1. The summed E-state index contributed by atoms with van der Waals surface area (Å²) in [6.45, 7) is 0. The largest absolute Gasteiger partial charge is 0.504 e. The third kappa shape index (κ3) is 2.67. The number of aromatic hydroxyl groups is 1. The first-order valence-corrected chi connectivity index (χ1v) is 7.37. The molecule has 3 rings (SSSR count). The van der Waals surface area contributed by atoms with E-state index in [0.717, 1.165) is 6.07 Å². The molecule has 1 aromatic carbocycles. The Morgan fingerprint density at radius 1 is 1.30 bits per heavy atom. The summed E-state index contributed by atoms with van der Waals surface area (Å²) in [5.41, 5.74) is 5.00. The summed E-state index contributed by atoms with van der Waals surface area (Å²) in [6.07, 6.45) is -1.41. The van der Waals surface area contributed by atoms with Gasteiger partial charge in [-0.05, 0) is 28.1 Å². The van der Waals surface area contributed by atoms with Crippen LogP contribution in [0.5, 0.6) is 5.75 Å². The molecular weight excluding hydrogens is 379 g/mol. The minimum atomic E-state index is -4.54. The van der Waals surface area contributed by atoms with Crippen molar-refractivity contribution in [3.8, 4) is 16.9 Å². The second kappa shape index (κ2) is 5.52. The van der Waals surface area contributed by atoms with Crippen molar-refractivity contribution in [1.29, 1.82) is 0 Å². The molecule has 2 aromatic rings. The molecule has 0 spiro atoms. The van der Waals surface area contributed by atoms with Crippen LogP contribution in [-0.4, -0.2) is 5.11 Å². The van der Waals surface area contributed by atoms with E-state index >= 15 is 0 Å². The molecule has 1 aromatic heterocycles. The highest BCUT2D eigenvalue weighted by Gasteiger charge is 2.35. The highest BCUT2D eigenvalue weighted by atomic mass is 79.9. The average Bonchev–Trinajstić information content (AvgIpc) is 3.07. The van der Waals surface area contributed by atoms with Crippen LogP contribution in [0.4, 0.5) is 19.1 Å². The van der Waals surface area contributed by atoms with Crippen LogP contribution < -0.4 is 5.73 Å². The van der Waals surface area contributed by atoms with Crippen molar-refractivity contribution >= 4 is 21.8 Å². The minimum absolute atomic E-state index is 0.00785. The second-order valence-electron chi connectivity index (χ2n) is 4.95. The number of halogens is 4.